The first-order chi connectivity index (χ1) is 11.1. The first-order valence-electron chi connectivity index (χ1n) is 7.14. The summed E-state index contributed by atoms with van der Waals surface area (Å²) in [6.07, 6.45) is 3.28. The summed E-state index contributed by atoms with van der Waals surface area (Å²) in [5.41, 5.74) is 0.885. The van der Waals surface area contributed by atoms with Gasteiger partial charge in [0.2, 0.25) is 11.0 Å². The highest BCUT2D eigenvalue weighted by atomic mass is 32.1. The Morgan fingerprint density at radius 1 is 1.39 bits per heavy atom. The molecule has 6 nitrogen and oxygen atoms in total. The topological polar surface area (TPSA) is 73.3 Å². The second-order valence-electron chi connectivity index (χ2n) is 5.00. The van der Waals surface area contributed by atoms with Crippen molar-refractivity contribution in [2.75, 3.05) is 12.4 Å². The summed E-state index contributed by atoms with van der Waals surface area (Å²) in [6.45, 7) is 4.32. The standard InChI is InChI=1S/C16H19N3O3S/c1-11(2)22-13-6-4-5-12(9-13)7-8-14(20)17-16-19-18-15(23-16)10-21-3/h4-9,11H,10H2,1-3H3,(H,17,19,20)/b8-7+. The Labute approximate surface area is 139 Å². The smallest absolute Gasteiger partial charge is 0.250 e. The molecule has 0 unspecified atom stereocenters. The van der Waals surface area contributed by atoms with Gasteiger partial charge in [-0.3, -0.25) is 10.1 Å². The van der Waals surface area contributed by atoms with Gasteiger partial charge in [-0.15, -0.1) is 10.2 Å². The molecule has 2 aromatic rings. The zero-order valence-corrected chi connectivity index (χ0v) is 14.1. The van der Waals surface area contributed by atoms with Crippen molar-refractivity contribution in [2.24, 2.45) is 0 Å². The summed E-state index contributed by atoms with van der Waals surface area (Å²) in [5, 5.41) is 11.6. The third-order valence-electron chi connectivity index (χ3n) is 2.62. The summed E-state index contributed by atoms with van der Waals surface area (Å²) in [7, 11) is 1.58. The third kappa shape index (κ3) is 5.80. The number of methoxy groups -OCH3 is 1. The third-order valence-corrected chi connectivity index (χ3v) is 3.43. The lowest BCUT2D eigenvalue weighted by molar-refractivity contribution is -0.111. The van der Waals surface area contributed by atoms with Gasteiger partial charge in [0, 0.05) is 13.2 Å². The molecular formula is C16H19N3O3S. The molecule has 0 fully saturated rings. The average Bonchev–Trinajstić information content (AvgIpc) is 2.92. The molecule has 0 saturated heterocycles. The lowest BCUT2D eigenvalue weighted by atomic mass is 10.2. The Kier molecular flexibility index (Phi) is 6.25. The number of aromatic nitrogens is 2. The maximum absolute atomic E-state index is 11.9. The molecule has 0 aliphatic rings. The second kappa shape index (κ2) is 8.40. The molecule has 0 aliphatic heterocycles. The molecule has 0 spiro atoms. The van der Waals surface area contributed by atoms with Crippen LogP contribution in [0.2, 0.25) is 0 Å². The van der Waals surface area contributed by atoms with Crippen LogP contribution in [0, 0.1) is 0 Å². The Morgan fingerprint density at radius 2 is 2.22 bits per heavy atom. The van der Waals surface area contributed by atoms with E-state index in [-0.39, 0.29) is 12.0 Å². The maximum Gasteiger partial charge on any atom is 0.250 e. The minimum atomic E-state index is -0.264. The lowest BCUT2D eigenvalue weighted by Gasteiger charge is -2.09. The number of benzene rings is 1. The fourth-order valence-electron chi connectivity index (χ4n) is 1.77. The fraction of sp³-hybridized carbons (Fsp3) is 0.312. The van der Waals surface area contributed by atoms with Crippen molar-refractivity contribution in [1.82, 2.24) is 10.2 Å². The number of anilines is 1. The van der Waals surface area contributed by atoms with Crippen LogP contribution in [0.4, 0.5) is 5.13 Å². The predicted octanol–water partition coefficient (Wildman–Crippen LogP) is 3.12. The van der Waals surface area contributed by atoms with Gasteiger partial charge < -0.3 is 9.47 Å². The fourth-order valence-corrected chi connectivity index (χ4v) is 2.48. The Bertz CT molecular complexity index is 683. The first-order valence-corrected chi connectivity index (χ1v) is 7.95. The molecule has 23 heavy (non-hydrogen) atoms. The molecule has 1 amide bonds. The molecule has 0 atom stereocenters. The van der Waals surface area contributed by atoms with Gasteiger partial charge in [0.25, 0.3) is 0 Å². The molecule has 7 heteroatoms. The largest absolute Gasteiger partial charge is 0.491 e. The van der Waals surface area contributed by atoms with Gasteiger partial charge in [-0.1, -0.05) is 23.5 Å². The lowest BCUT2D eigenvalue weighted by Crippen LogP contribution is -2.07. The van der Waals surface area contributed by atoms with E-state index in [1.807, 2.05) is 38.1 Å². The molecule has 1 aromatic heterocycles. The minimum Gasteiger partial charge on any atom is -0.491 e. The van der Waals surface area contributed by atoms with Gasteiger partial charge >= 0.3 is 0 Å². The van der Waals surface area contributed by atoms with Gasteiger partial charge in [-0.2, -0.15) is 0 Å². The van der Waals surface area contributed by atoms with E-state index in [0.29, 0.717) is 16.7 Å². The SMILES string of the molecule is COCc1nnc(NC(=O)/C=C/c2cccc(OC(C)C)c2)s1. The van der Waals surface area contributed by atoms with E-state index >= 15 is 0 Å². The number of ether oxygens (including phenoxy) is 2. The summed E-state index contributed by atoms with van der Waals surface area (Å²) >= 11 is 1.28. The average molecular weight is 333 g/mol. The van der Waals surface area contributed by atoms with Crippen molar-refractivity contribution < 1.29 is 14.3 Å². The Hall–Kier alpha value is -2.25. The molecule has 1 heterocycles. The monoisotopic (exact) mass is 333 g/mol. The number of nitrogens with zero attached hydrogens (tertiary/aromatic N) is 2. The molecular weight excluding hydrogens is 314 g/mol. The van der Waals surface area contributed by atoms with E-state index in [0.717, 1.165) is 11.3 Å². The molecule has 122 valence electrons. The van der Waals surface area contributed by atoms with Gasteiger partial charge in [-0.25, -0.2) is 0 Å². The summed E-state index contributed by atoms with van der Waals surface area (Å²) in [4.78, 5) is 11.9. The number of carbonyl (C=O) groups excluding carboxylic acids is 1. The van der Waals surface area contributed by atoms with Crippen molar-refractivity contribution in [1.29, 1.82) is 0 Å². The van der Waals surface area contributed by atoms with Gasteiger partial charge in [0.1, 0.15) is 17.4 Å². The quantitative estimate of drug-likeness (QED) is 0.788. The molecule has 1 aromatic carbocycles. The highest BCUT2D eigenvalue weighted by molar-refractivity contribution is 7.15. The van der Waals surface area contributed by atoms with E-state index in [1.54, 1.807) is 13.2 Å². The number of hydrogen-bond donors (Lipinski definition) is 1. The molecule has 2 rings (SSSR count). The van der Waals surface area contributed by atoms with Crippen LogP contribution < -0.4 is 10.1 Å². The molecule has 0 aliphatic carbocycles. The van der Waals surface area contributed by atoms with E-state index in [9.17, 15) is 4.79 Å². The minimum absolute atomic E-state index is 0.108. The van der Waals surface area contributed by atoms with Crippen LogP contribution in [0.3, 0.4) is 0 Å². The second-order valence-corrected chi connectivity index (χ2v) is 6.06. The van der Waals surface area contributed by atoms with Crippen LogP contribution in [0.1, 0.15) is 24.4 Å². The highest BCUT2D eigenvalue weighted by Crippen LogP contribution is 2.17. The molecule has 0 saturated carbocycles. The highest BCUT2D eigenvalue weighted by Gasteiger charge is 2.06. The normalized spacial score (nSPS) is 11.1. The van der Waals surface area contributed by atoms with Gasteiger partial charge in [0.15, 0.2) is 0 Å². The van der Waals surface area contributed by atoms with Crippen LogP contribution in [-0.4, -0.2) is 29.3 Å². The maximum atomic E-state index is 11.9. The van der Waals surface area contributed by atoms with Crippen molar-refractivity contribution in [3.63, 3.8) is 0 Å². The van der Waals surface area contributed by atoms with Crippen LogP contribution >= 0.6 is 11.3 Å². The van der Waals surface area contributed by atoms with Gasteiger partial charge in [0.05, 0.1) is 6.10 Å². The van der Waals surface area contributed by atoms with Crippen LogP contribution in [-0.2, 0) is 16.1 Å². The predicted molar refractivity (Wildman–Crippen MR) is 90.5 cm³/mol. The van der Waals surface area contributed by atoms with E-state index in [4.69, 9.17) is 9.47 Å². The molecule has 1 N–H and O–H groups in total. The zero-order chi connectivity index (χ0) is 16.7. The first kappa shape index (κ1) is 17.1. The number of carbonyl (C=O) groups is 1. The van der Waals surface area contributed by atoms with Crippen LogP contribution in [0.15, 0.2) is 30.3 Å². The summed E-state index contributed by atoms with van der Waals surface area (Å²) < 4.78 is 10.6. The van der Waals surface area contributed by atoms with Crippen LogP contribution in [0.5, 0.6) is 5.75 Å². The number of nitrogens with one attached hydrogen (secondary N) is 1. The van der Waals surface area contributed by atoms with Crippen molar-refractivity contribution in [3.05, 3.63) is 40.9 Å². The zero-order valence-electron chi connectivity index (χ0n) is 13.3. The van der Waals surface area contributed by atoms with Crippen molar-refractivity contribution >= 4 is 28.5 Å². The van der Waals surface area contributed by atoms with Crippen molar-refractivity contribution in [2.45, 2.75) is 26.6 Å². The Balaban J connectivity index is 1.94. The van der Waals surface area contributed by atoms with Crippen LogP contribution in [0.25, 0.3) is 6.08 Å². The number of rotatable bonds is 7. The molecule has 0 bridgehead atoms. The van der Waals surface area contributed by atoms with E-state index in [1.165, 1.54) is 17.4 Å². The number of amides is 1. The van der Waals surface area contributed by atoms with E-state index < -0.39 is 0 Å². The summed E-state index contributed by atoms with van der Waals surface area (Å²) in [5.74, 6) is 0.510. The van der Waals surface area contributed by atoms with E-state index in [2.05, 4.69) is 15.5 Å². The summed E-state index contributed by atoms with van der Waals surface area (Å²) in [6, 6.07) is 7.55. The molecule has 0 radical (unpaired) electrons. The number of hydrogen-bond acceptors (Lipinski definition) is 6. The van der Waals surface area contributed by atoms with Gasteiger partial charge in [-0.05, 0) is 37.6 Å². The van der Waals surface area contributed by atoms with Crippen molar-refractivity contribution in [3.8, 4) is 5.75 Å². The Morgan fingerprint density at radius 3 is 2.96 bits per heavy atom.